The van der Waals surface area contributed by atoms with Crippen molar-refractivity contribution in [2.45, 2.75) is 13.0 Å². The first kappa shape index (κ1) is 13.9. The van der Waals surface area contributed by atoms with Crippen LogP contribution in [-0.4, -0.2) is 22.9 Å². The largest absolute Gasteiger partial charge is 0.449 e. The van der Waals surface area contributed by atoms with E-state index in [1.807, 2.05) is 0 Å². The van der Waals surface area contributed by atoms with Gasteiger partial charge < -0.3 is 10.5 Å². The Morgan fingerprint density at radius 1 is 1.50 bits per heavy atom. The molecule has 96 valence electrons. The molecular formula is C10H9ClN2O5. The molecule has 0 aliphatic heterocycles. The maximum absolute atomic E-state index is 11.6. The van der Waals surface area contributed by atoms with E-state index in [2.05, 4.69) is 0 Å². The van der Waals surface area contributed by atoms with Gasteiger partial charge >= 0.3 is 5.97 Å². The van der Waals surface area contributed by atoms with E-state index in [0.29, 0.717) is 0 Å². The number of hydrogen-bond donors (Lipinski definition) is 1. The Labute approximate surface area is 107 Å². The van der Waals surface area contributed by atoms with Crippen LogP contribution in [0, 0.1) is 10.1 Å². The number of non-ortho nitro benzene ring substituents is 1. The summed E-state index contributed by atoms with van der Waals surface area (Å²) in [4.78, 5) is 32.2. The Morgan fingerprint density at radius 3 is 2.61 bits per heavy atom. The molecule has 0 saturated heterocycles. The minimum atomic E-state index is -1.15. The number of amides is 1. The summed E-state index contributed by atoms with van der Waals surface area (Å²) < 4.78 is 4.69. The highest BCUT2D eigenvalue weighted by Crippen LogP contribution is 2.23. The maximum Gasteiger partial charge on any atom is 0.340 e. The average molecular weight is 273 g/mol. The highest BCUT2D eigenvalue weighted by molar-refractivity contribution is 6.33. The third-order valence-corrected chi connectivity index (χ3v) is 2.39. The Kier molecular flexibility index (Phi) is 4.22. The summed E-state index contributed by atoms with van der Waals surface area (Å²) in [5.41, 5.74) is 4.42. The first-order chi connectivity index (χ1) is 8.32. The van der Waals surface area contributed by atoms with E-state index in [1.54, 1.807) is 0 Å². The van der Waals surface area contributed by atoms with E-state index >= 15 is 0 Å². The number of nitro groups is 1. The van der Waals surface area contributed by atoms with Crippen molar-refractivity contribution in [2.75, 3.05) is 0 Å². The number of halogens is 1. The Bertz CT molecular complexity index is 517. The molecule has 1 atom stereocenters. The van der Waals surface area contributed by atoms with E-state index < -0.39 is 22.9 Å². The maximum atomic E-state index is 11.6. The number of primary amides is 1. The van der Waals surface area contributed by atoms with Gasteiger partial charge in [0.05, 0.1) is 15.5 Å². The fraction of sp³-hybridized carbons (Fsp3) is 0.200. The van der Waals surface area contributed by atoms with Gasteiger partial charge in [0.1, 0.15) is 0 Å². The number of carbonyl (C=O) groups is 2. The molecule has 1 aromatic carbocycles. The first-order valence-corrected chi connectivity index (χ1v) is 5.15. The van der Waals surface area contributed by atoms with Gasteiger partial charge in [0.2, 0.25) is 0 Å². The van der Waals surface area contributed by atoms with Crippen LogP contribution in [0.4, 0.5) is 5.69 Å². The molecule has 1 aromatic rings. The molecule has 7 nitrogen and oxygen atoms in total. The van der Waals surface area contributed by atoms with Gasteiger partial charge in [-0.25, -0.2) is 4.79 Å². The van der Waals surface area contributed by atoms with E-state index in [9.17, 15) is 19.7 Å². The summed E-state index contributed by atoms with van der Waals surface area (Å²) in [6.45, 7) is 1.28. The van der Waals surface area contributed by atoms with Crippen LogP contribution in [0.1, 0.15) is 17.3 Å². The number of hydrogen-bond acceptors (Lipinski definition) is 5. The Morgan fingerprint density at radius 2 is 2.11 bits per heavy atom. The average Bonchev–Trinajstić information content (AvgIpc) is 2.28. The SMILES string of the molecule is CC(OC(=O)c1cc([N+](=O)[O-])ccc1Cl)C(N)=O. The quantitative estimate of drug-likeness (QED) is 0.504. The van der Waals surface area contributed by atoms with Crippen molar-refractivity contribution in [3.8, 4) is 0 Å². The van der Waals surface area contributed by atoms with Gasteiger partial charge in [-0.1, -0.05) is 11.6 Å². The van der Waals surface area contributed by atoms with Crippen LogP contribution in [0.3, 0.4) is 0 Å². The lowest BCUT2D eigenvalue weighted by atomic mass is 10.2. The van der Waals surface area contributed by atoms with Crippen LogP contribution < -0.4 is 5.73 Å². The second kappa shape index (κ2) is 5.46. The van der Waals surface area contributed by atoms with Crippen LogP contribution >= 0.6 is 11.6 Å². The van der Waals surface area contributed by atoms with Crippen LogP contribution in [0.2, 0.25) is 5.02 Å². The smallest absolute Gasteiger partial charge is 0.340 e. The molecule has 0 saturated carbocycles. The molecule has 0 bridgehead atoms. The lowest BCUT2D eigenvalue weighted by Crippen LogP contribution is -2.30. The second-order valence-electron chi connectivity index (χ2n) is 3.37. The number of rotatable bonds is 4. The zero-order valence-electron chi connectivity index (χ0n) is 9.25. The van der Waals surface area contributed by atoms with Crippen molar-refractivity contribution in [1.82, 2.24) is 0 Å². The van der Waals surface area contributed by atoms with Gasteiger partial charge in [0, 0.05) is 12.1 Å². The van der Waals surface area contributed by atoms with Gasteiger partial charge in [0.25, 0.3) is 11.6 Å². The zero-order chi connectivity index (χ0) is 13.9. The fourth-order valence-electron chi connectivity index (χ4n) is 1.07. The van der Waals surface area contributed by atoms with E-state index in [-0.39, 0.29) is 16.3 Å². The summed E-state index contributed by atoms with van der Waals surface area (Å²) >= 11 is 5.72. The molecule has 0 aliphatic carbocycles. The van der Waals surface area contributed by atoms with Crippen molar-refractivity contribution >= 4 is 29.2 Å². The number of nitrogens with zero attached hydrogens (tertiary/aromatic N) is 1. The van der Waals surface area contributed by atoms with Crippen molar-refractivity contribution in [1.29, 1.82) is 0 Å². The summed E-state index contributed by atoms with van der Waals surface area (Å²) in [6, 6.07) is 3.32. The topological polar surface area (TPSA) is 113 Å². The van der Waals surface area contributed by atoms with Crippen LogP contribution in [0.5, 0.6) is 0 Å². The van der Waals surface area contributed by atoms with Crippen molar-refractivity contribution in [3.63, 3.8) is 0 Å². The third-order valence-electron chi connectivity index (χ3n) is 2.07. The number of ether oxygens (including phenoxy) is 1. The monoisotopic (exact) mass is 272 g/mol. The van der Waals surface area contributed by atoms with Crippen molar-refractivity contribution < 1.29 is 19.2 Å². The van der Waals surface area contributed by atoms with E-state index in [1.165, 1.54) is 13.0 Å². The standard InChI is InChI=1S/C10H9ClN2O5/c1-5(9(12)14)18-10(15)7-4-6(13(16)17)2-3-8(7)11/h2-5H,1H3,(H2,12,14). The first-order valence-electron chi connectivity index (χ1n) is 4.77. The van der Waals surface area contributed by atoms with Crippen molar-refractivity contribution in [2.24, 2.45) is 5.73 Å². The van der Waals surface area contributed by atoms with Crippen LogP contribution in [-0.2, 0) is 9.53 Å². The highest BCUT2D eigenvalue weighted by Gasteiger charge is 2.21. The van der Waals surface area contributed by atoms with Crippen LogP contribution in [0.15, 0.2) is 18.2 Å². The normalized spacial score (nSPS) is 11.7. The summed E-state index contributed by atoms with van der Waals surface area (Å²) in [5, 5.41) is 10.5. The van der Waals surface area contributed by atoms with Gasteiger partial charge in [-0.3, -0.25) is 14.9 Å². The minimum absolute atomic E-state index is 0.0118. The highest BCUT2D eigenvalue weighted by atomic mass is 35.5. The Hall–Kier alpha value is -2.15. The van der Waals surface area contributed by atoms with Gasteiger partial charge in [-0.15, -0.1) is 0 Å². The molecule has 0 fully saturated rings. The van der Waals surface area contributed by atoms with Gasteiger partial charge in [-0.05, 0) is 13.0 Å². The number of nitro benzene ring substituents is 1. The molecule has 18 heavy (non-hydrogen) atoms. The number of nitrogens with two attached hydrogens (primary N) is 1. The summed E-state index contributed by atoms with van der Waals surface area (Å²) in [6.07, 6.45) is -1.15. The fourth-order valence-corrected chi connectivity index (χ4v) is 1.26. The number of carbonyl (C=O) groups excluding carboxylic acids is 2. The molecular weight excluding hydrogens is 264 g/mol. The molecule has 0 spiro atoms. The van der Waals surface area contributed by atoms with Gasteiger partial charge in [-0.2, -0.15) is 0 Å². The van der Waals surface area contributed by atoms with E-state index in [4.69, 9.17) is 22.1 Å². The molecule has 0 aromatic heterocycles. The molecule has 0 radical (unpaired) electrons. The second-order valence-corrected chi connectivity index (χ2v) is 3.78. The molecule has 1 unspecified atom stereocenters. The molecule has 0 aliphatic rings. The number of benzene rings is 1. The zero-order valence-corrected chi connectivity index (χ0v) is 10.0. The lowest BCUT2D eigenvalue weighted by molar-refractivity contribution is -0.384. The summed E-state index contributed by atoms with van der Waals surface area (Å²) in [5.74, 6) is -1.78. The van der Waals surface area contributed by atoms with E-state index in [0.717, 1.165) is 12.1 Å². The predicted molar refractivity (Wildman–Crippen MR) is 62.2 cm³/mol. The minimum Gasteiger partial charge on any atom is -0.449 e. The summed E-state index contributed by atoms with van der Waals surface area (Å²) in [7, 11) is 0. The lowest BCUT2D eigenvalue weighted by Gasteiger charge is -2.10. The van der Waals surface area contributed by atoms with Crippen molar-refractivity contribution in [3.05, 3.63) is 38.9 Å². The predicted octanol–water partition coefficient (Wildman–Crippen LogP) is 1.28. The van der Waals surface area contributed by atoms with Crippen LogP contribution in [0.25, 0.3) is 0 Å². The Balaban J connectivity index is 3.01. The van der Waals surface area contributed by atoms with Gasteiger partial charge in [0.15, 0.2) is 6.10 Å². The molecule has 8 heteroatoms. The molecule has 0 heterocycles. The number of esters is 1. The molecule has 1 amide bonds. The molecule has 1 rings (SSSR count). The molecule has 2 N–H and O–H groups in total. The third kappa shape index (κ3) is 3.17.